The molecule has 3 aliphatic heterocycles. The average molecular weight is 1080 g/mol. The van der Waals surface area contributed by atoms with Crippen LogP contribution in [-0.4, -0.2) is 165 Å². The molecule has 3 unspecified atom stereocenters. The van der Waals surface area contributed by atoms with Gasteiger partial charge in [-0.1, -0.05) is 6.92 Å². The molecule has 26 heteroatoms. The van der Waals surface area contributed by atoms with E-state index in [2.05, 4.69) is 0 Å². The fraction of sp³-hybridized carbons (Fsp3) is 0.532. The lowest BCUT2D eigenvalue weighted by molar-refractivity contribution is -0.197. The zero-order valence-electron chi connectivity index (χ0n) is 40.7. The van der Waals surface area contributed by atoms with Gasteiger partial charge in [-0.05, 0) is 92.3 Å². The number of hydroxylamine groups is 2. The first-order valence-corrected chi connectivity index (χ1v) is 27.6. The van der Waals surface area contributed by atoms with Crippen molar-refractivity contribution in [3.8, 4) is 0 Å². The molecular weight excluding hydrogens is 1020 g/mol. The Morgan fingerprint density at radius 1 is 0.740 bits per heavy atom. The fourth-order valence-corrected chi connectivity index (χ4v) is 11.0. The average Bonchev–Trinajstić information content (AvgIpc) is 3.85. The van der Waals surface area contributed by atoms with Crippen molar-refractivity contribution in [2.24, 2.45) is 0 Å². The molecule has 4 aliphatic rings. The highest BCUT2D eigenvalue weighted by molar-refractivity contribution is 7.86. The van der Waals surface area contributed by atoms with E-state index in [9.17, 15) is 63.2 Å². The van der Waals surface area contributed by atoms with Crippen LogP contribution >= 0.6 is 0 Å². The highest BCUT2D eigenvalue weighted by Gasteiger charge is 2.50. The van der Waals surface area contributed by atoms with Crippen LogP contribution in [0.15, 0.2) is 80.9 Å². The van der Waals surface area contributed by atoms with Crippen molar-refractivity contribution in [3.63, 3.8) is 0 Å². The lowest BCUT2D eigenvalue weighted by atomic mass is 9.72. The summed E-state index contributed by atoms with van der Waals surface area (Å²) in [5.74, 6) is -4.18. The Morgan fingerprint density at radius 3 is 1.86 bits per heavy atom. The fourth-order valence-electron chi connectivity index (χ4n) is 9.48. The number of methoxy groups -OCH3 is 2. The highest BCUT2D eigenvalue weighted by Crippen LogP contribution is 2.53. The number of hydrogen-bond acceptors (Lipinski definition) is 22. The summed E-state index contributed by atoms with van der Waals surface area (Å²) in [7, 11) is -11.7. The van der Waals surface area contributed by atoms with Crippen LogP contribution in [0, 0.1) is 0 Å². The molecule has 0 aromatic heterocycles. The van der Waals surface area contributed by atoms with Gasteiger partial charge in [-0.2, -0.15) is 0 Å². The molecule has 23 nitrogen and oxygen atoms in total. The van der Waals surface area contributed by atoms with E-state index in [-0.39, 0.29) is 95.6 Å². The number of aliphatic hydroxyl groups is 1. The number of benzene rings is 2. The van der Waals surface area contributed by atoms with Gasteiger partial charge in [-0.25, -0.2) is 30.0 Å². The van der Waals surface area contributed by atoms with Gasteiger partial charge in [0.05, 0.1) is 83.3 Å². The van der Waals surface area contributed by atoms with E-state index in [1.165, 1.54) is 43.5 Å². The largest absolute Gasteiger partial charge is 0.748 e. The normalized spacial score (nSPS) is 22.3. The van der Waals surface area contributed by atoms with E-state index >= 15 is 0 Å². The van der Waals surface area contributed by atoms with Gasteiger partial charge in [-0.15, -0.1) is 5.06 Å². The number of hydrogen-bond donors (Lipinski definition) is 1. The van der Waals surface area contributed by atoms with Crippen LogP contribution in [0.1, 0.15) is 69.9 Å². The molecule has 3 heterocycles. The molecule has 0 spiro atoms. The second-order valence-corrected chi connectivity index (χ2v) is 22.4. The van der Waals surface area contributed by atoms with E-state index in [0.29, 0.717) is 59.7 Å². The van der Waals surface area contributed by atoms with Crippen molar-refractivity contribution in [3.05, 3.63) is 82.3 Å². The molecular formula is C47H58N3O20S3-3. The van der Waals surface area contributed by atoms with Crippen molar-refractivity contribution >= 4 is 65.3 Å². The van der Waals surface area contributed by atoms with Gasteiger partial charge in [0.25, 0.3) is 11.8 Å². The van der Waals surface area contributed by atoms with Crippen LogP contribution in [0.25, 0.3) is 0 Å². The van der Waals surface area contributed by atoms with Crippen LogP contribution in [-0.2, 0) is 88.9 Å². The van der Waals surface area contributed by atoms with Gasteiger partial charge in [0.15, 0.2) is 5.78 Å². The summed E-state index contributed by atoms with van der Waals surface area (Å²) >= 11 is 0. The molecule has 6 rings (SSSR count). The lowest BCUT2D eigenvalue weighted by Crippen LogP contribution is -2.44. The van der Waals surface area contributed by atoms with Crippen molar-refractivity contribution in [1.82, 2.24) is 5.06 Å². The van der Waals surface area contributed by atoms with Gasteiger partial charge in [0.1, 0.15) is 26.0 Å². The Kier molecular flexibility index (Phi) is 18.5. The molecule has 402 valence electrons. The number of aliphatic hydroxyl groups excluding tert-OH is 1. The van der Waals surface area contributed by atoms with Gasteiger partial charge in [0.2, 0.25) is 0 Å². The minimum atomic E-state index is -5.01. The SMILES string of the molecule is COCCOCCOCCOCCN1c2ccc(S(=O)(=O)[O-])cc2C(C)(CCCS(=O)(=O)[O-])C1/C=C1\C(=O)C(/C=C2/N(CCCC(=O)ON3C(=O)CCC3=O)c3ccc(S(=O)(=O)[O-])cc3C2(C)CCOC)=C1O. The zero-order valence-corrected chi connectivity index (χ0v) is 43.1. The van der Waals surface area contributed by atoms with E-state index in [0.717, 1.165) is 12.1 Å². The first-order chi connectivity index (χ1) is 34.4. The van der Waals surface area contributed by atoms with Crippen molar-refractivity contribution < 1.29 is 91.7 Å². The Balaban J connectivity index is 1.37. The van der Waals surface area contributed by atoms with E-state index in [4.69, 9.17) is 28.5 Å². The van der Waals surface area contributed by atoms with Gasteiger partial charge in [-0.3, -0.25) is 14.4 Å². The maximum absolute atomic E-state index is 14.5. The summed E-state index contributed by atoms with van der Waals surface area (Å²) in [6.45, 7) is 5.41. The molecule has 0 radical (unpaired) electrons. The number of anilines is 2. The Bertz CT molecular complexity index is 2870. The smallest absolute Gasteiger partial charge is 0.333 e. The van der Waals surface area contributed by atoms with Crippen molar-refractivity contribution in [2.45, 2.75) is 85.5 Å². The minimum absolute atomic E-state index is 0.00190. The van der Waals surface area contributed by atoms with E-state index in [1.807, 2.05) is 0 Å². The highest BCUT2D eigenvalue weighted by atomic mass is 32.2. The van der Waals surface area contributed by atoms with Crippen LogP contribution < -0.4 is 9.80 Å². The minimum Gasteiger partial charge on any atom is -0.748 e. The molecule has 2 amide bonds. The molecule has 0 saturated carbocycles. The zero-order chi connectivity index (χ0) is 53.5. The number of imide groups is 1. The third-order valence-electron chi connectivity index (χ3n) is 13.3. The van der Waals surface area contributed by atoms with Crippen molar-refractivity contribution in [1.29, 1.82) is 0 Å². The predicted molar refractivity (Wildman–Crippen MR) is 254 cm³/mol. The third kappa shape index (κ3) is 13.2. The standard InChI is InChI=1S/C47H61N3O20S3/c1-46(14-6-26-71(56,57)58)35-27-31(72(59,60)61)9-11-38(35)49(17-19-67-22-23-69-25-24-68-21-20-66-4)39(46)29-33-44(54)34(45(33)55)30-40-47(2,15-18-65-3)36-28-32(73(62,63)64)8-10-37(36)48(40)16-5-7-43(53)70-50-41(51)12-13-42(50)52/h8-11,27-30,39,54H,5-7,12-26H2,1-4H3,(H,56,57,58)(H,59,60,61)(H,62,63,64)/p-3/b33-29-,40-30+. The molecule has 0 bridgehead atoms. The Hall–Kier alpha value is -5.13. The summed E-state index contributed by atoms with van der Waals surface area (Å²) in [6.07, 6.45) is 2.22. The second-order valence-electron chi connectivity index (χ2n) is 18.1. The van der Waals surface area contributed by atoms with Crippen LogP contribution in [0.2, 0.25) is 0 Å². The third-order valence-corrected chi connectivity index (χ3v) is 15.7. The number of carbonyl (C=O) groups is 4. The van der Waals surface area contributed by atoms with E-state index in [1.54, 1.807) is 30.8 Å². The lowest BCUT2D eigenvalue weighted by Gasteiger charge is -2.37. The number of fused-ring (bicyclic) bond motifs is 2. The molecule has 1 aliphatic carbocycles. The Labute approximate surface area is 423 Å². The van der Waals surface area contributed by atoms with Crippen LogP contribution in [0.4, 0.5) is 11.4 Å². The maximum atomic E-state index is 14.5. The summed E-state index contributed by atoms with van der Waals surface area (Å²) < 4.78 is 137. The molecule has 2 aromatic rings. The summed E-state index contributed by atoms with van der Waals surface area (Å²) in [5.41, 5.74) is -1.12. The second kappa shape index (κ2) is 23.6. The number of carbonyl (C=O) groups excluding carboxylic acids is 4. The first-order valence-electron chi connectivity index (χ1n) is 23.2. The molecule has 2 aromatic carbocycles. The van der Waals surface area contributed by atoms with Gasteiger partial charge >= 0.3 is 5.97 Å². The Morgan fingerprint density at radius 2 is 1.30 bits per heavy atom. The number of ether oxygens (including phenoxy) is 5. The van der Waals surface area contributed by atoms with Gasteiger partial charge in [0, 0.05) is 86.8 Å². The summed E-state index contributed by atoms with van der Waals surface area (Å²) in [6, 6.07) is 6.47. The predicted octanol–water partition coefficient (Wildman–Crippen LogP) is 2.37. The topological polar surface area (TPSA) is 325 Å². The first kappa shape index (κ1) is 57.2. The summed E-state index contributed by atoms with van der Waals surface area (Å²) in [5, 5.41) is 12.3. The van der Waals surface area contributed by atoms with Gasteiger partial charge < -0.3 is 57.1 Å². The number of allylic oxidation sites excluding steroid dienone is 4. The summed E-state index contributed by atoms with van der Waals surface area (Å²) in [4.78, 5) is 58.9. The van der Waals surface area contributed by atoms with Crippen LogP contribution in [0.3, 0.4) is 0 Å². The quantitative estimate of drug-likeness (QED) is 0.0553. The number of nitrogens with zero attached hydrogens (tertiary/aromatic N) is 3. The molecule has 1 saturated heterocycles. The monoisotopic (exact) mass is 1080 g/mol. The molecule has 73 heavy (non-hydrogen) atoms. The number of Topliss-reactive ketones (excluding diaryl/α,β-unsaturated/α-hetero) is 1. The molecule has 3 atom stereocenters. The number of amides is 2. The van der Waals surface area contributed by atoms with E-state index < -0.39 is 92.1 Å². The van der Waals surface area contributed by atoms with Crippen molar-refractivity contribution in [2.75, 3.05) is 95.7 Å². The maximum Gasteiger partial charge on any atom is 0.333 e. The molecule has 1 fully saturated rings. The number of rotatable bonds is 28. The number of ketones is 1. The molecule has 1 N–H and O–H groups in total. The van der Waals surface area contributed by atoms with Crippen LogP contribution in [0.5, 0.6) is 0 Å².